The Bertz CT molecular complexity index is 483. The van der Waals surface area contributed by atoms with Crippen molar-refractivity contribution >= 4 is 8.03 Å². The fourth-order valence-electron chi connectivity index (χ4n) is 2.34. The molecule has 0 saturated carbocycles. The van der Waals surface area contributed by atoms with Crippen molar-refractivity contribution in [2.75, 3.05) is 0 Å². The van der Waals surface area contributed by atoms with Crippen molar-refractivity contribution in [1.82, 2.24) is 0 Å². The predicted molar refractivity (Wildman–Crippen MR) is 71.6 cm³/mol. The van der Waals surface area contributed by atoms with Crippen molar-refractivity contribution in [2.45, 2.75) is 18.5 Å². The lowest BCUT2D eigenvalue weighted by Crippen LogP contribution is -2.26. The summed E-state index contributed by atoms with van der Waals surface area (Å²) in [5, 5.41) is -0.919. The van der Waals surface area contributed by atoms with Crippen molar-refractivity contribution in [1.29, 1.82) is 0 Å². The Morgan fingerprint density at radius 1 is 0.944 bits per heavy atom. The topological polar surface area (TPSA) is 40.1 Å². The lowest BCUT2D eigenvalue weighted by Gasteiger charge is -2.25. The molecular weight excluding hydrogens is 243 g/mol. The van der Waals surface area contributed by atoms with Gasteiger partial charge in [-0.05, 0) is 0 Å². The van der Waals surface area contributed by atoms with Crippen LogP contribution in [-0.2, 0) is 9.72 Å². The van der Waals surface area contributed by atoms with Crippen LogP contribution in [0.3, 0.4) is 0 Å². The fourth-order valence-corrected chi connectivity index (χ4v) is 3.32. The summed E-state index contributed by atoms with van der Waals surface area (Å²) in [7, 11) is -2.60. The van der Waals surface area contributed by atoms with E-state index in [0.29, 0.717) is 6.42 Å². The molecule has 92 valence electrons. The van der Waals surface area contributed by atoms with Gasteiger partial charge < -0.3 is 4.89 Å². The van der Waals surface area contributed by atoms with Crippen LogP contribution >= 0.6 is 8.03 Å². The van der Waals surface area contributed by atoms with Gasteiger partial charge in [0, 0.05) is 17.5 Å². The Balaban J connectivity index is 2.65. The largest absolute Gasteiger partial charge is 0.595 e. The van der Waals surface area contributed by atoms with Crippen LogP contribution in [0.25, 0.3) is 0 Å². The summed E-state index contributed by atoms with van der Waals surface area (Å²) >= 11 is 0. The number of benzene rings is 2. The minimum absolute atomic E-state index is 0.528. The van der Waals surface area contributed by atoms with Crippen LogP contribution in [0.4, 0.5) is 0 Å². The van der Waals surface area contributed by atoms with Crippen LogP contribution in [0.2, 0.25) is 0 Å². The van der Waals surface area contributed by atoms with E-state index < -0.39 is 13.2 Å². The molecule has 2 rings (SSSR count). The highest BCUT2D eigenvalue weighted by molar-refractivity contribution is 7.38. The second kappa shape index (κ2) is 5.43. The molecule has 18 heavy (non-hydrogen) atoms. The number of hydrogen-bond donors (Lipinski definition) is 0. The first-order valence-corrected chi connectivity index (χ1v) is 7.15. The van der Waals surface area contributed by atoms with E-state index in [4.69, 9.17) is 0 Å². The first-order valence-electron chi connectivity index (χ1n) is 5.97. The van der Waals surface area contributed by atoms with Gasteiger partial charge in [0.05, 0.1) is 0 Å². The molecule has 0 radical (unpaired) electrons. The van der Waals surface area contributed by atoms with Gasteiger partial charge >= 0.3 is 8.03 Å². The maximum atomic E-state index is 11.9. The van der Waals surface area contributed by atoms with Gasteiger partial charge in [0.25, 0.3) is 0 Å². The quantitative estimate of drug-likeness (QED) is 0.788. The molecule has 0 aliphatic rings. The van der Waals surface area contributed by atoms with E-state index in [1.807, 2.05) is 67.6 Å². The zero-order chi connectivity index (χ0) is 13.0. The Kier molecular flexibility index (Phi) is 3.90. The van der Waals surface area contributed by atoms with E-state index in [-0.39, 0.29) is 0 Å². The van der Waals surface area contributed by atoms with Crippen LogP contribution in [0.5, 0.6) is 0 Å². The molecule has 0 heterocycles. The molecule has 3 heteroatoms. The highest BCUT2D eigenvalue weighted by atomic mass is 31.1. The van der Waals surface area contributed by atoms with Gasteiger partial charge in [0.15, 0.2) is 0 Å². The second-order valence-electron chi connectivity index (χ2n) is 4.20. The van der Waals surface area contributed by atoms with Crippen LogP contribution in [0.1, 0.15) is 24.5 Å². The van der Waals surface area contributed by atoms with Crippen LogP contribution < -0.4 is 4.89 Å². The van der Waals surface area contributed by atoms with Gasteiger partial charge in [0.1, 0.15) is 0 Å². The van der Waals surface area contributed by atoms with Crippen LogP contribution in [0, 0.1) is 0 Å². The molecule has 2 aromatic rings. The standard InChI is InChI=1S/C15H15O2P/c1-2-15(18(16)17,13-9-5-3-6-10-13)14-11-7-4-8-12-14/h3-12H,2H2,1H3. The summed E-state index contributed by atoms with van der Waals surface area (Å²) in [6, 6.07) is 18.8. The Labute approximate surface area is 108 Å². The fraction of sp³-hybridized carbons (Fsp3) is 0.200. The molecule has 1 atom stereocenters. The van der Waals surface area contributed by atoms with E-state index in [9.17, 15) is 9.46 Å². The molecule has 0 fully saturated rings. The van der Waals surface area contributed by atoms with Gasteiger partial charge in [0.2, 0.25) is 5.16 Å². The normalized spacial score (nSPS) is 12.2. The van der Waals surface area contributed by atoms with Gasteiger partial charge in [-0.1, -0.05) is 72.2 Å². The zero-order valence-corrected chi connectivity index (χ0v) is 11.1. The molecule has 1 unspecified atom stereocenters. The van der Waals surface area contributed by atoms with E-state index >= 15 is 0 Å². The Morgan fingerprint density at radius 2 is 1.33 bits per heavy atom. The molecule has 0 bridgehead atoms. The van der Waals surface area contributed by atoms with Crippen LogP contribution in [-0.4, -0.2) is 0 Å². The van der Waals surface area contributed by atoms with E-state index in [0.717, 1.165) is 11.1 Å². The lowest BCUT2D eigenvalue weighted by molar-refractivity contribution is -0.169. The second-order valence-corrected chi connectivity index (χ2v) is 5.48. The molecule has 0 N–H and O–H groups in total. The molecule has 0 aliphatic carbocycles. The predicted octanol–water partition coefficient (Wildman–Crippen LogP) is 3.44. The van der Waals surface area contributed by atoms with E-state index in [1.54, 1.807) is 0 Å². The van der Waals surface area contributed by atoms with Crippen molar-refractivity contribution in [3.8, 4) is 0 Å². The minimum atomic E-state index is -2.60. The molecule has 0 amide bonds. The van der Waals surface area contributed by atoms with Gasteiger partial charge in [-0.15, -0.1) is 0 Å². The van der Waals surface area contributed by atoms with E-state index in [2.05, 4.69) is 0 Å². The first kappa shape index (κ1) is 12.9. The molecule has 0 saturated heterocycles. The molecule has 0 aliphatic heterocycles. The van der Waals surface area contributed by atoms with Crippen molar-refractivity contribution in [2.24, 2.45) is 0 Å². The van der Waals surface area contributed by atoms with Crippen molar-refractivity contribution in [3.05, 3.63) is 71.8 Å². The summed E-state index contributed by atoms with van der Waals surface area (Å²) in [4.78, 5) is 11.9. The first-order chi connectivity index (χ1) is 8.71. The lowest BCUT2D eigenvalue weighted by atomic mass is 9.88. The average molecular weight is 258 g/mol. The third kappa shape index (κ3) is 2.10. The Hall–Kier alpha value is -1.50. The van der Waals surface area contributed by atoms with Gasteiger partial charge in [-0.2, -0.15) is 0 Å². The summed E-state index contributed by atoms with van der Waals surface area (Å²) in [5.41, 5.74) is 1.66. The van der Waals surface area contributed by atoms with Crippen molar-refractivity contribution < 1.29 is 9.46 Å². The number of rotatable bonds is 4. The zero-order valence-electron chi connectivity index (χ0n) is 10.2. The van der Waals surface area contributed by atoms with Gasteiger partial charge in [-0.3, -0.25) is 0 Å². The summed E-state index contributed by atoms with van der Waals surface area (Å²) in [6.07, 6.45) is 0.528. The highest BCUT2D eigenvalue weighted by Crippen LogP contribution is 2.49. The maximum Gasteiger partial charge on any atom is 0.325 e. The molecule has 2 nitrogen and oxygen atoms in total. The van der Waals surface area contributed by atoms with Gasteiger partial charge in [-0.25, -0.2) is 0 Å². The summed E-state index contributed by atoms with van der Waals surface area (Å²) < 4.78 is 11.9. The monoisotopic (exact) mass is 258 g/mol. The minimum Gasteiger partial charge on any atom is -0.595 e. The Morgan fingerprint density at radius 3 is 1.61 bits per heavy atom. The smallest absolute Gasteiger partial charge is 0.325 e. The summed E-state index contributed by atoms with van der Waals surface area (Å²) in [5.74, 6) is 0. The number of hydrogen-bond acceptors (Lipinski definition) is 2. The third-order valence-corrected chi connectivity index (χ3v) is 4.78. The molecule has 0 aromatic heterocycles. The third-order valence-electron chi connectivity index (χ3n) is 3.33. The molecule has 0 spiro atoms. The van der Waals surface area contributed by atoms with Crippen LogP contribution in [0.15, 0.2) is 60.7 Å². The molecule has 2 aromatic carbocycles. The maximum absolute atomic E-state index is 11.9. The summed E-state index contributed by atoms with van der Waals surface area (Å²) in [6.45, 7) is 1.91. The molecular formula is C15H15O2P. The average Bonchev–Trinajstić information content (AvgIpc) is 2.42. The van der Waals surface area contributed by atoms with Crippen molar-refractivity contribution in [3.63, 3.8) is 0 Å². The highest BCUT2D eigenvalue weighted by Gasteiger charge is 2.45. The van der Waals surface area contributed by atoms with E-state index in [1.165, 1.54) is 0 Å². The SMILES string of the molecule is CCC(c1ccccc1)(c1ccccc1)[P+](=O)[O-].